The van der Waals surface area contributed by atoms with E-state index < -0.39 is 0 Å². The summed E-state index contributed by atoms with van der Waals surface area (Å²) < 4.78 is 0. The number of phenols is 1. The molecule has 0 amide bonds. The summed E-state index contributed by atoms with van der Waals surface area (Å²) in [5.41, 5.74) is 1.46. The van der Waals surface area contributed by atoms with Gasteiger partial charge in [-0.2, -0.15) is 0 Å². The van der Waals surface area contributed by atoms with Gasteiger partial charge in [-0.05, 0) is 24.5 Å². The fourth-order valence-electron chi connectivity index (χ4n) is 1.17. The van der Waals surface area contributed by atoms with Gasteiger partial charge in [-0.15, -0.1) is 0 Å². The van der Waals surface area contributed by atoms with Gasteiger partial charge in [-0.3, -0.25) is 0 Å². The summed E-state index contributed by atoms with van der Waals surface area (Å²) in [5.74, 6) is 0.517. The molecule has 0 spiro atoms. The van der Waals surface area contributed by atoms with Gasteiger partial charge < -0.3 is 5.11 Å². The molecule has 13 heavy (non-hydrogen) atoms. The second-order valence-electron chi connectivity index (χ2n) is 3.17. The molecule has 0 aromatic heterocycles. The Morgan fingerprint density at radius 2 is 2.23 bits per heavy atom. The second-order valence-corrected chi connectivity index (χ2v) is 3.17. The van der Waals surface area contributed by atoms with Crippen molar-refractivity contribution in [2.24, 2.45) is 0 Å². The lowest BCUT2D eigenvalue weighted by atomic mass is 9.98. The van der Waals surface area contributed by atoms with Crippen LogP contribution in [0.3, 0.4) is 0 Å². The van der Waals surface area contributed by atoms with Gasteiger partial charge >= 0.3 is 0 Å². The van der Waals surface area contributed by atoms with E-state index in [0.29, 0.717) is 11.6 Å². The summed E-state index contributed by atoms with van der Waals surface area (Å²) >= 11 is 0. The minimum atomic E-state index is 0.0713. The number of hydrogen-bond acceptors (Lipinski definition) is 1. The number of benzene rings is 1. The van der Waals surface area contributed by atoms with Crippen LogP contribution in [0.1, 0.15) is 31.7 Å². The second kappa shape index (κ2) is 3.95. The molecular formula is C11H13NO. The number of aromatic hydroxyl groups is 1. The van der Waals surface area contributed by atoms with Gasteiger partial charge in [-0.25, -0.2) is 4.85 Å². The van der Waals surface area contributed by atoms with Crippen molar-refractivity contribution in [1.29, 1.82) is 0 Å². The number of rotatable bonds is 2. The maximum atomic E-state index is 9.28. The highest BCUT2D eigenvalue weighted by molar-refractivity contribution is 5.58. The summed E-state index contributed by atoms with van der Waals surface area (Å²) in [6, 6.07) is 5.23. The zero-order valence-corrected chi connectivity index (χ0v) is 7.91. The van der Waals surface area contributed by atoms with Gasteiger partial charge in [0, 0.05) is 0 Å². The van der Waals surface area contributed by atoms with Crippen molar-refractivity contribution in [2.45, 2.75) is 26.2 Å². The van der Waals surface area contributed by atoms with E-state index in [0.717, 1.165) is 12.0 Å². The first kappa shape index (κ1) is 9.60. The first-order chi connectivity index (χ1) is 6.19. The topological polar surface area (TPSA) is 24.6 Å². The first-order valence-corrected chi connectivity index (χ1v) is 4.39. The molecule has 2 heteroatoms. The Kier molecular flexibility index (Phi) is 2.92. The smallest absolute Gasteiger partial charge is 0.228 e. The van der Waals surface area contributed by atoms with Crippen LogP contribution >= 0.6 is 0 Å². The molecule has 1 aromatic carbocycles. The molecule has 0 saturated heterocycles. The molecule has 0 saturated carbocycles. The van der Waals surface area contributed by atoms with Crippen molar-refractivity contribution in [3.05, 3.63) is 35.2 Å². The van der Waals surface area contributed by atoms with Crippen molar-refractivity contribution in [3.8, 4) is 5.75 Å². The molecule has 68 valence electrons. The van der Waals surface area contributed by atoms with Crippen LogP contribution < -0.4 is 0 Å². The van der Waals surface area contributed by atoms with Gasteiger partial charge in [0.2, 0.25) is 5.69 Å². The Balaban J connectivity index is 3.08. The minimum absolute atomic E-state index is 0.0713. The average Bonchev–Trinajstić information content (AvgIpc) is 2.17. The summed E-state index contributed by atoms with van der Waals surface area (Å²) in [6.45, 7) is 11.1. The largest absolute Gasteiger partial charge is 0.519 e. The van der Waals surface area contributed by atoms with Crippen LogP contribution in [0.25, 0.3) is 4.85 Å². The SMILES string of the molecule is [C-]#[N+]c1cc(C(C)CC)ccc1O. The fraction of sp³-hybridized carbons (Fsp3) is 0.364. The molecule has 1 N–H and O–H groups in total. The van der Waals surface area contributed by atoms with Crippen LogP contribution in [0.2, 0.25) is 0 Å². The molecule has 0 fully saturated rings. The van der Waals surface area contributed by atoms with E-state index in [9.17, 15) is 5.11 Å². The molecule has 0 radical (unpaired) electrons. The van der Waals surface area contributed by atoms with Crippen LogP contribution in [-0.2, 0) is 0 Å². The van der Waals surface area contributed by atoms with Gasteiger partial charge in [0.05, 0.1) is 6.57 Å². The minimum Gasteiger partial charge on any atom is -0.519 e. The molecule has 0 aliphatic rings. The fourth-order valence-corrected chi connectivity index (χ4v) is 1.17. The summed E-state index contributed by atoms with van der Waals surface area (Å²) in [6.07, 6.45) is 1.04. The molecule has 0 aliphatic heterocycles. The Labute approximate surface area is 78.7 Å². The molecular weight excluding hydrogens is 162 g/mol. The zero-order valence-electron chi connectivity index (χ0n) is 7.91. The third-order valence-corrected chi connectivity index (χ3v) is 2.30. The van der Waals surface area contributed by atoms with E-state index >= 15 is 0 Å². The van der Waals surface area contributed by atoms with E-state index in [4.69, 9.17) is 6.57 Å². The molecule has 2 nitrogen and oxygen atoms in total. The molecule has 1 unspecified atom stereocenters. The first-order valence-electron chi connectivity index (χ1n) is 4.39. The predicted molar refractivity (Wildman–Crippen MR) is 53.1 cm³/mol. The zero-order chi connectivity index (χ0) is 9.84. The van der Waals surface area contributed by atoms with Crippen LogP contribution in [0.15, 0.2) is 18.2 Å². The highest BCUT2D eigenvalue weighted by Crippen LogP contribution is 2.30. The van der Waals surface area contributed by atoms with Gasteiger partial charge in [0.25, 0.3) is 0 Å². The van der Waals surface area contributed by atoms with Crippen LogP contribution in [-0.4, -0.2) is 5.11 Å². The normalized spacial score (nSPS) is 12.1. The van der Waals surface area contributed by atoms with Crippen molar-refractivity contribution in [1.82, 2.24) is 0 Å². The quantitative estimate of drug-likeness (QED) is 0.684. The standard InChI is InChI=1S/C11H13NO/c1-4-8(2)9-5-6-11(13)10(7-9)12-3/h5-8,13H,4H2,1-2H3. The van der Waals surface area contributed by atoms with Crippen LogP contribution in [0.4, 0.5) is 5.69 Å². The van der Waals surface area contributed by atoms with E-state index in [1.54, 1.807) is 12.1 Å². The average molecular weight is 175 g/mol. The number of hydrogen-bond donors (Lipinski definition) is 1. The number of phenolic OH excluding ortho intramolecular Hbond substituents is 1. The van der Waals surface area contributed by atoms with Gasteiger partial charge in [-0.1, -0.05) is 25.5 Å². The van der Waals surface area contributed by atoms with Crippen molar-refractivity contribution < 1.29 is 5.11 Å². The molecule has 0 aliphatic carbocycles. The maximum Gasteiger partial charge on any atom is 0.228 e. The Bertz CT molecular complexity index is 338. The summed E-state index contributed by atoms with van der Waals surface area (Å²) in [7, 11) is 0. The Hall–Kier alpha value is -1.49. The van der Waals surface area contributed by atoms with Crippen molar-refractivity contribution in [3.63, 3.8) is 0 Å². The van der Waals surface area contributed by atoms with Crippen molar-refractivity contribution in [2.75, 3.05) is 0 Å². The van der Waals surface area contributed by atoms with Crippen LogP contribution in [0.5, 0.6) is 5.75 Å². The highest BCUT2D eigenvalue weighted by atomic mass is 16.3. The monoisotopic (exact) mass is 175 g/mol. The predicted octanol–water partition coefficient (Wildman–Crippen LogP) is 3.46. The van der Waals surface area contributed by atoms with E-state index in [1.165, 1.54) is 0 Å². The van der Waals surface area contributed by atoms with Crippen LogP contribution in [0, 0.1) is 6.57 Å². The lowest BCUT2D eigenvalue weighted by Gasteiger charge is -2.09. The Morgan fingerprint density at radius 1 is 1.54 bits per heavy atom. The summed E-state index contributed by atoms with van der Waals surface area (Å²) in [4.78, 5) is 3.25. The molecule has 1 rings (SSSR count). The van der Waals surface area contributed by atoms with E-state index in [1.807, 2.05) is 6.07 Å². The third-order valence-electron chi connectivity index (χ3n) is 2.30. The Morgan fingerprint density at radius 3 is 2.77 bits per heavy atom. The molecule has 0 bridgehead atoms. The lowest BCUT2D eigenvalue weighted by Crippen LogP contribution is -1.89. The third kappa shape index (κ3) is 2.00. The molecule has 1 aromatic rings. The van der Waals surface area contributed by atoms with Crippen molar-refractivity contribution >= 4 is 5.69 Å². The molecule has 0 heterocycles. The van der Waals surface area contributed by atoms with E-state index in [-0.39, 0.29) is 5.75 Å². The van der Waals surface area contributed by atoms with Gasteiger partial charge in [0.1, 0.15) is 5.75 Å². The lowest BCUT2D eigenvalue weighted by molar-refractivity contribution is 0.478. The van der Waals surface area contributed by atoms with Gasteiger partial charge in [0.15, 0.2) is 0 Å². The highest BCUT2D eigenvalue weighted by Gasteiger charge is 2.06. The number of nitrogens with zero attached hydrogens (tertiary/aromatic N) is 1. The summed E-state index contributed by atoms with van der Waals surface area (Å²) in [5, 5.41) is 9.28. The van der Waals surface area contributed by atoms with E-state index in [2.05, 4.69) is 18.7 Å². The maximum absolute atomic E-state index is 9.28. The molecule has 1 atom stereocenters.